The second-order valence-corrected chi connectivity index (χ2v) is 7.50. The Balaban J connectivity index is 1.64. The average Bonchev–Trinajstić information content (AvgIpc) is 2.94. The molecular formula is C19H28N2. The molecule has 2 nitrogen and oxygen atoms in total. The van der Waals surface area contributed by atoms with Crippen molar-refractivity contribution in [2.75, 3.05) is 13.1 Å². The van der Waals surface area contributed by atoms with Gasteiger partial charge in [0.2, 0.25) is 0 Å². The van der Waals surface area contributed by atoms with Crippen LogP contribution in [0.3, 0.4) is 0 Å². The number of benzene rings is 1. The number of nitrogens with two attached hydrogens (primary N) is 1. The molecule has 0 amide bonds. The lowest BCUT2D eigenvalue weighted by molar-refractivity contribution is -0.0213. The Labute approximate surface area is 128 Å². The Morgan fingerprint density at radius 3 is 2.38 bits per heavy atom. The number of hydrogen-bond acceptors (Lipinski definition) is 2. The maximum Gasteiger partial charge on any atom is 0.0415 e. The van der Waals surface area contributed by atoms with E-state index in [-0.39, 0.29) is 5.54 Å². The van der Waals surface area contributed by atoms with Crippen molar-refractivity contribution < 1.29 is 0 Å². The van der Waals surface area contributed by atoms with E-state index in [1.54, 1.807) is 11.1 Å². The molecule has 2 heteroatoms. The first-order valence-electron chi connectivity index (χ1n) is 8.86. The van der Waals surface area contributed by atoms with E-state index in [0.29, 0.717) is 0 Å². The lowest BCUT2D eigenvalue weighted by Crippen LogP contribution is -2.62. The van der Waals surface area contributed by atoms with Crippen LogP contribution in [0.25, 0.3) is 0 Å². The van der Waals surface area contributed by atoms with Crippen molar-refractivity contribution in [1.29, 1.82) is 0 Å². The predicted octanol–water partition coefficient (Wildman–Crippen LogP) is 3.14. The topological polar surface area (TPSA) is 29.3 Å². The molecule has 1 aromatic rings. The lowest BCUT2D eigenvalue weighted by Gasteiger charge is -2.52. The van der Waals surface area contributed by atoms with Crippen LogP contribution in [0.2, 0.25) is 0 Å². The minimum atomic E-state index is 0.213. The average molecular weight is 284 g/mol. The van der Waals surface area contributed by atoms with Crippen LogP contribution in [-0.4, -0.2) is 29.6 Å². The minimum absolute atomic E-state index is 0.213. The highest BCUT2D eigenvalue weighted by molar-refractivity contribution is 5.37. The number of hydrogen-bond donors (Lipinski definition) is 1. The Bertz CT molecular complexity index is 483. The smallest absolute Gasteiger partial charge is 0.0415 e. The number of piperidine rings is 1. The highest BCUT2D eigenvalue weighted by atomic mass is 15.2. The van der Waals surface area contributed by atoms with Crippen LogP contribution in [0.4, 0.5) is 0 Å². The van der Waals surface area contributed by atoms with Gasteiger partial charge in [-0.2, -0.15) is 0 Å². The molecule has 1 aliphatic heterocycles. The van der Waals surface area contributed by atoms with Gasteiger partial charge in [-0.05, 0) is 62.1 Å². The van der Waals surface area contributed by atoms with Gasteiger partial charge in [0.15, 0.2) is 0 Å². The standard InChI is InChI=1S/C19H28N2/c20-14-19(12-16-7-1-2-8-17(16)13-19)21-11-5-9-15-6-3-4-10-18(15)21/h1-2,7-8,15,18H,3-6,9-14,20H2. The van der Waals surface area contributed by atoms with E-state index < -0.39 is 0 Å². The second kappa shape index (κ2) is 5.40. The highest BCUT2D eigenvalue weighted by Gasteiger charge is 2.47. The molecule has 0 radical (unpaired) electrons. The molecule has 2 atom stereocenters. The zero-order chi connectivity index (χ0) is 14.3. The zero-order valence-corrected chi connectivity index (χ0v) is 13.1. The van der Waals surface area contributed by atoms with Gasteiger partial charge >= 0.3 is 0 Å². The van der Waals surface area contributed by atoms with Crippen molar-refractivity contribution in [2.45, 2.75) is 62.9 Å². The molecule has 4 rings (SSSR count). The molecule has 114 valence electrons. The van der Waals surface area contributed by atoms with Gasteiger partial charge in [-0.25, -0.2) is 0 Å². The van der Waals surface area contributed by atoms with Crippen LogP contribution in [0, 0.1) is 5.92 Å². The Morgan fingerprint density at radius 2 is 1.67 bits per heavy atom. The molecule has 1 saturated heterocycles. The van der Waals surface area contributed by atoms with Crippen molar-refractivity contribution in [3.63, 3.8) is 0 Å². The van der Waals surface area contributed by atoms with E-state index >= 15 is 0 Å². The summed E-state index contributed by atoms with van der Waals surface area (Å²) in [6.07, 6.45) is 10.9. The fourth-order valence-electron chi connectivity index (χ4n) is 5.35. The fourth-order valence-corrected chi connectivity index (χ4v) is 5.35. The van der Waals surface area contributed by atoms with Crippen LogP contribution in [0.1, 0.15) is 49.7 Å². The largest absolute Gasteiger partial charge is 0.329 e. The summed E-state index contributed by atoms with van der Waals surface area (Å²) in [5.41, 5.74) is 9.66. The summed E-state index contributed by atoms with van der Waals surface area (Å²) in [6.45, 7) is 2.08. The Hall–Kier alpha value is -0.860. The number of fused-ring (bicyclic) bond motifs is 2. The third-order valence-electron chi connectivity index (χ3n) is 6.39. The molecule has 2 N–H and O–H groups in total. The van der Waals surface area contributed by atoms with E-state index in [9.17, 15) is 0 Å². The van der Waals surface area contributed by atoms with Crippen molar-refractivity contribution in [1.82, 2.24) is 4.90 Å². The number of rotatable bonds is 2. The van der Waals surface area contributed by atoms with Crippen molar-refractivity contribution >= 4 is 0 Å². The Morgan fingerprint density at radius 1 is 1.00 bits per heavy atom. The maximum absolute atomic E-state index is 6.36. The van der Waals surface area contributed by atoms with Crippen molar-refractivity contribution in [3.8, 4) is 0 Å². The monoisotopic (exact) mass is 284 g/mol. The van der Waals surface area contributed by atoms with Crippen LogP contribution in [0.5, 0.6) is 0 Å². The van der Waals surface area contributed by atoms with Gasteiger partial charge in [-0.1, -0.05) is 37.1 Å². The van der Waals surface area contributed by atoms with E-state index in [1.165, 1.54) is 57.9 Å². The highest BCUT2D eigenvalue weighted by Crippen LogP contribution is 2.43. The van der Waals surface area contributed by atoms with E-state index in [2.05, 4.69) is 29.2 Å². The van der Waals surface area contributed by atoms with Gasteiger partial charge in [0.1, 0.15) is 0 Å². The van der Waals surface area contributed by atoms with Gasteiger partial charge in [0.25, 0.3) is 0 Å². The van der Waals surface area contributed by atoms with Crippen molar-refractivity contribution in [2.24, 2.45) is 11.7 Å². The van der Waals surface area contributed by atoms with Crippen LogP contribution in [-0.2, 0) is 12.8 Å². The molecule has 2 aliphatic carbocycles. The lowest BCUT2D eigenvalue weighted by atomic mass is 9.75. The Kier molecular flexibility index (Phi) is 3.55. The first-order valence-corrected chi connectivity index (χ1v) is 8.86. The second-order valence-electron chi connectivity index (χ2n) is 7.50. The molecule has 21 heavy (non-hydrogen) atoms. The van der Waals surface area contributed by atoms with E-state index in [4.69, 9.17) is 5.73 Å². The molecule has 0 spiro atoms. The predicted molar refractivity (Wildman–Crippen MR) is 87.3 cm³/mol. The summed E-state index contributed by atoms with van der Waals surface area (Å²) >= 11 is 0. The first kappa shape index (κ1) is 13.8. The number of likely N-dealkylation sites (tertiary alicyclic amines) is 1. The van der Waals surface area contributed by atoms with Gasteiger partial charge in [0, 0.05) is 18.1 Å². The van der Waals surface area contributed by atoms with Crippen LogP contribution >= 0.6 is 0 Å². The quantitative estimate of drug-likeness (QED) is 0.904. The summed E-state index contributed by atoms with van der Waals surface area (Å²) in [4.78, 5) is 2.86. The zero-order valence-electron chi connectivity index (χ0n) is 13.1. The SMILES string of the molecule is NCC1(N2CCCC3CCCCC32)Cc2ccccc2C1. The molecule has 2 fully saturated rings. The van der Waals surface area contributed by atoms with Crippen LogP contribution < -0.4 is 5.73 Å². The molecule has 0 aromatic heterocycles. The summed E-state index contributed by atoms with van der Waals surface area (Å²) in [7, 11) is 0. The fraction of sp³-hybridized carbons (Fsp3) is 0.684. The summed E-state index contributed by atoms with van der Waals surface area (Å²) in [6, 6.07) is 9.81. The molecule has 0 bridgehead atoms. The molecular weight excluding hydrogens is 256 g/mol. The van der Waals surface area contributed by atoms with E-state index in [1.807, 2.05) is 0 Å². The maximum atomic E-state index is 6.36. The normalized spacial score (nSPS) is 31.7. The van der Waals surface area contributed by atoms with Gasteiger partial charge in [-0.15, -0.1) is 0 Å². The molecule has 1 aromatic carbocycles. The molecule has 1 heterocycles. The van der Waals surface area contributed by atoms with Gasteiger partial charge in [0.05, 0.1) is 0 Å². The van der Waals surface area contributed by atoms with Crippen molar-refractivity contribution in [3.05, 3.63) is 35.4 Å². The molecule has 3 aliphatic rings. The summed E-state index contributed by atoms with van der Waals surface area (Å²) in [5.74, 6) is 0.944. The third-order valence-corrected chi connectivity index (χ3v) is 6.39. The minimum Gasteiger partial charge on any atom is -0.329 e. The molecule has 1 saturated carbocycles. The summed E-state index contributed by atoms with van der Waals surface area (Å²) in [5, 5.41) is 0. The third kappa shape index (κ3) is 2.24. The van der Waals surface area contributed by atoms with Gasteiger partial charge < -0.3 is 5.73 Å². The first-order chi connectivity index (χ1) is 10.3. The number of nitrogens with zero attached hydrogens (tertiary/aromatic N) is 1. The van der Waals surface area contributed by atoms with Gasteiger partial charge in [-0.3, -0.25) is 4.90 Å². The van der Waals surface area contributed by atoms with Crippen LogP contribution in [0.15, 0.2) is 24.3 Å². The molecule has 2 unspecified atom stereocenters. The summed E-state index contributed by atoms with van der Waals surface area (Å²) < 4.78 is 0. The van der Waals surface area contributed by atoms with E-state index in [0.717, 1.165) is 18.5 Å².